The number of aliphatic hydroxyl groups is 1. The van der Waals surface area contributed by atoms with Crippen LogP contribution in [0.2, 0.25) is 0 Å². The number of hydrogen-bond acceptors (Lipinski definition) is 4. The molecule has 0 saturated carbocycles. The highest BCUT2D eigenvalue weighted by atomic mass is 32.2. The summed E-state index contributed by atoms with van der Waals surface area (Å²) in [6.07, 6.45) is 4.77. The lowest BCUT2D eigenvalue weighted by Gasteiger charge is -2.33. The number of pyridine rings is 1. The maximum absolute atomic E-state index is 12.2. The molecule has 112 valence electrons. The van der Waals surface area contributed by atoms with E-state index in [1.165, 1.54) is 4.31 Å². The van der Waals surface area contributed by atoms with Crippen molar-refractivity contribution in [2.75, 3.05) is 19.7 Å². The van der Waals surface area contributed by atoms with Crippen molar-refractivity contribution in [1.29, 1.82) is 0 Å². The molecule has 2 N–H and O–H groups in total. The van der Waals surface area contributed by atoms with Crippen molar-refractivity contribution in [3.8, 4) is 0 Å². The summed E-state index contributed by atoms with van der Waals surface area (Å²) in [5.74, 6) is 0. The molecule has 1 aliphatic rings. The second-order valence-corrected chi connectivity index (χ2v) is 6.62. The van der Waals surface area contributed by atoms with Crippen LogP contribution in [0.5, 0.6) is 0 Å². The average molecular weight is 299 g/mol. The summed E-state index contributed by atoms with van der Waals surface area (Å²) in [4.78, 5) is 4.15. The van der Waals surface area contributed by atoms with Crippen LogP contribution in [-0.2, 0) is 16.6 Å². The minimum atomic E-state index is -3.52. The predicted octanol–water partition coefficient (Wildman–Crippen LogP) is 0.305. The fourth-order valence-electron chi connectivity index (χ4n) is 2.41. The van der Waals surface area contributed by atoms with Crippen LogP contribution in [0.4, 0.5) is 0 Å². The summed E-state index contributed by atoms with van der Waals surface area (Å²) in [6, 6.07) is 5.28. The Kier molecular flexibility index (Phi) is 5.47. The molecule has 20 heavy (non-hydrogen) atoms. The Bertz CT molecular complexity index is 507. The first-order chi connectivity index (χ1) is 9.63. The van der Waals surface area contributed by atoms with Crippen LogP contribution in [0.1, 0.15) is 25.0 Å². The van der Waals surface area contributed by atoms with E-state index in [1.54, 1.807) is 6.20 Å². The van der Waals surface area contributed by atoms with Gasteiger partial charge >= 0.3 is 0 Å². The number of piperidine rings is 1. The summed E-state index contributed by atoms with van der Waals surface area (Å²) < 4.78 is 28.4. The van der Waals surface area contributed by atoms with Crippen LogP contribution in [0.15, 0.2) is 24.4 Å². The fraction of sp³-hybridized carbons (Fsp3) is 0.615. The third kappa shape index (κ3) is 3.99. The summed E-state index contributed by atoms with van der Waals surface area (Å²) >= 11 is 0. The Morgan fingerprint density at radius 3 is 2.95 bits per heavy atom. The minimum absolute atomic E-state index is 0.124. The number of hydrogen-bond donors (Lipinski definition) is 2. The van der Waals surface area contributed by atoms with Crippen LogP contribution in [0.3, 0.4) is 0 Å². The number of aliphatic hydroxyl groups excluding tert-OH is 1. The van der Waals surface area contributed by atoms with Crippen LogP contribution in [0, 0.1) is 0 Å². The molecular formula is C13H21N3O3S. The Hall–Kier alpha value is -1.02. The standard InChI is InChI=1S/C13H21N3O3S/c17-11-13-6-2-4-10-16(13)20(18,19)15-9-7-12-5-1-3-8-14-12/h1,3,5,8,13,15,17H,2,4,6-7,9-11H2. The van der Waals surface area contributed by atoms with Gasteiger partial charge in [-0.15, -0.1) is 0 Å². The highest BCUT2D eigenvalue weighted by Gasteiger charge is 2.31. The van der Waals surface area contributed by atoms with E-state index in [2.05, 4.69) is 9.71 Å². The largest absolute Gasteiger partial charge is 0.395 e. The Balaban J connectivity index is 1.90. The molecule has 6 nitrogen and oxygen atoms in total. The molecule has 0 amide bonds. The first-order valence-corrected chi connectivity index (χ1v) is 8.34. The van der Waals surface area contributed by atoms with E-state index in [1.807, 2.05) is 18.2 Å². The smallest absolute Gasteiger partial charge is 0.279 e. The van der Waals surface area contributed by atoms with Crippen molar-refractivity contribution in [1.82, 2.24) is 14.0 Å². The topological polar surface area (TPSA) is 82.5 Å². The van der Waals surface area contributed by atoms with Gasteiger partial charge in [0.1, 0.15) is 0 Å². The van der Waals surface area contributed by atoms with E-state index >= 15 is 0 Å². The van der Waals surface area contributed by atoms with Gasteiger partial charge < -0.3 is 5.11 Å². The van der Waals surface area contributed by atoms with Gasteiger partial charge in [-0.2, -0.15) is 12.7 Å². The van der Waals surface area contributed by atoms with Gasteiger partial charge in [0.15, 0.2) is 0 Å². The summed E-state index contributed by atoms with van der Waals surface area (Å²) in [6.45, 7) is 0.666. The molecule has 0 aliphatic carbocycles. The lowest BCUT2D eigenvalue weighted by Crippen LogP contribution is -2.50. The van der Waals surface area contributed by atoms with Gasteiger partial charge in [0.25, 0.3) is 10.2 Å². The monoisotopic (exact) mass is 299 g/mol. The molecule has 7 heteroatoms. The average Bonchev–Trinajstić information content (AvgIpc) is 2.48. The quantitative estimate of drug-likeness (QED) is 0.792. The molecule has 1 fully saturated rings. The maximum Gasteiger partial charge on any atom is 0.279 e. The van der Waals surface area contributed by atoms with Crippen molar-refractivity contribution >= 4 is 10.2 Å². The van der Waals surface area contributed by atoms with Crippen LogP contribution in [0.25, 0.3) is 0 Å². The SMILES string of the molecule is O=S(=O)(NCCc1ccccn1)N1CCCCC1CO. The van der Waals surface area contributed by atoms with Crippen LogP contribution in [-0.4, -0.2) is 48.6 Å². The van der Waals surface area contributed by atoms with Gasteiger partial charge in [-0.3, -0.25) is 4.98 Å². The number of nitrogens with one attached hydrogen (secondary N) is 1. The zero-order valence-corrected chi connectivity index (χ0v) is 12.2. The van der Waals surface area contributed by atoms with E-state index in [0.717, 1.165) is 25.0 Å². The van der Waals surface area contributed by atoms with Crippen molar-refractivity contribution in [2.24, 2.45) is 0 Å². The van der Waals surface area contributed by atoms with Crippen molar-refractivity contribution < 1.29 is 13.5 Å². The molecule has 1 aliphatic heterocycles. The fourth-order valence-corrected chi connectivity index (χ4v) is 3.87. The van der Waals surface area contributed by atoms with Gasteiger partial charge in [-0.25, -0.2) is 4.72 Å². The molecule has 2 rings (SSSR count). The van der Waals surface area contributed by atoms with Crippen molar-refractivity contribution in [3.63, 3.8) is 0 Å². The third-order valence-electron chi connectivity index (χ3n) is 3.48. The minimum Gasteiger partial charge on any atom is -0.395 e. The summed E-state index contributed by atoms with van der Waals surface area (Å²) in [5, 5.41) is 9.28. The van der Waals surface area contributed by atoms with E-state index in [0.29, 0.717) is 19.5 Å². The Labute approximate surface area is 120 Å². The van der Waals surface area contributed by atoms with Gasteiger partial charge in [0, 0.05) is 37.4 Å². The lowest BCUT2D eigenvalue weighted by molar-refractivity contribution is 0.154. The van der Waals surface area contributed by atoms with E-state index in [9.17, 15) is 13.5 Å². The second kappa shape index (κ2) is 7.12. The summed E-state index contributed by atoms with van der Waals surface area (Å²) in [5.41, 5.74) is 0.854. The van der Waals surface area contributed by atoms with Crippen LogP contribution < -0.4 is 4.72 Å². The highest BCUT2D eigenvalue weighted by Crippen LogP contribution is 2.19. The Morgan fingerprint density at radius 1 is 1.40 bits per heavy atom. The molecule has 0 aromatic carbocycles. The molecule has 1 atom stereocenters. The third-order valence-corrected chi connectivity index (χ3v) is 5.15. The molecule has 2 heterocycles. The van der Waals surface area contributed by atoms with Gasteiger partial charge in [0.05, 0.1) is 6.61 Å². The molecule has 0 spiro atoms. The normalized spacial score (nSPS) is 20.9. The summed E-state index contributed by atoms with van der Waals surface area (Å²) in [7, 11) is -3.52. The van der Waals surface area contributed by atoms with Crippen molar-refractivity contribution in [3.05, 3.63) is 30.1 Å². The molecule has 1 aromatic heterocycles. The molecule has 0 radical (unpaired) electrons. The molecule has 0 bridgehead atoms. The van der Waals surface area contributed by atoms with Gasteiger partial charge in [-0.1, -0.05) is 12.5 Å². The zero-order valence-electron chi connectivity index (χ0n) is 11.4. The predicted molar refractivity (Wildman–Crippen MR) is 76.3 cm³/mol. The second-order valence-electron chi connectivity index (χ2n) is 4.91. The lowest BCUT2D eigenvalue weighted by atomic mass is 10.1. The number of rotatable bonds is 6. The Morgan fingerprint density at radius 2 is 2.25 bits per heavy atom. The van der Waals surface area contributed by atoms with Crippen LogP contribution >= 0.6 is 0 Å². The number of aromatic nitrogens is 1. The molecule has 1 aromatic rings. The van der Waals surface area contributed by atoms with E-state index in [-0.39, 0.29) is 12.6 Å². The highest BCUT2D eigenvalue weighted by molar-refractivity contribution is 7.87. The zero-order chi connectivity index (χ0) is 14.4. The molecular weight excluding hydrogens is 278 g/mol. The van der Waals surface area contributed by atoms with Gasteiger partial charge in [-0.05, 0) is 25.0 Å². The maximum atomic E-state index is 12.2. The molecule has 1 saturated heterocycles. The van der Waals surface area contributed by atoms with Crippen molar-refractivity contribution in [2.45, 2.75) is 31.7 Å². The number of nitrogens with zero attached hydrogens (tertiary/aromatic N) is 2. The van der Waals surface area contributed by atoms with E-state index in [4.69, 9.17) is 0 Å². The molecule has 1 unspecified atom stereocenters. The first-order valence-electron chi connectivity index (χ1n) is 6.90. The van der Waals surface area contributed by atoms with E-state index < -0.39 is 10.2 Å². The first kappa shape index (κ1) is 15.4. The van der Waals surface area contributed by atoms with Gasteiger partial charge in [0.2, 0.25) is 0 Å².